The second kappa shape index (κ2) is 7.13. The minimum atomic E-state index is 0. The number of halogens is 1. The van der Waals surface area contributed by atoms with Crippen molar-refractivity contribution in [3.63, 3.8) is 0 Å². The summed E-state index contributed by atoms with van der Waals surface area (Å²) in [5.41, 5.74) is 0. The van der Waals surface area contributed by atoms with Gasteiger partial charge in [0.15, 0.2) is 0 Å². The molecule has 0 saturated carbocycles. The number of carbonyl (C=O) groups excluding carboxylic acids is 1. The lowest BCUT2D eigenvalue weighted by molar-refractivity contribution is -0.135. The summed E-state index contributed by atoms with van der Waals surface area (Å²) in [5.74, 6) is 1.40. The van der Waals surface area contributed by atoms with Crippen LogP contribution in [-0.4, -0.2) is 36.5 Å². The molecule has 0 radical (unpaired) electrons. The Hall–Kier alpha value is -0.280. The lowest BCUT2D eigenvalue weighted by Gasteiger charge is -2.35. The number of nitrogens with one attached hydrogen (secondary N) is 1. The Morgan fingerprint density at radius 2 is 2.06 bits per heavy atom. The van der Waals surface area contributed by atoms with Crippen molar-refractivity contribution in [2.75, 3.05) is 19.6 Å². The molecule has 2 unspecified atom stereocenters. The van der Waals surface area contributed by atoms with Gasteiger partial charge >= 0.3 is 0 Å². The number of rotatable bonds is 3. The number of nitrogens with zero attached hydrogens (tertiary/aromatic N) is 1. The van der Waals surface area contributed by atoms with Crippen molar-refractivity contribution in [1.82, 2.24) is 10.2 Å². The van der Waals surface area contributed by atoms with Gasteiger partial charge in [0.1, 0.15) is 0 Å². The van der Waals surface area contributed by atoms with E-state index in [2.05, 4.69) is 33.0 Å². The van der Waals surface area contributed by atoms with E-state index in [9.17, 15) is 4.79 Å². The van der Waals surface area contributed by atoms with Gasteiger partial charge < -0.3 is 10.2 Å². The quantitative estimate of drug-likeness (QED) is 0.828. The third-order valence-corrected chi connectivity index (χ3v) is 3.46. The lowest BCUT2D eigenvalue weighted by atomic mass is 9.94. The van der Waals surface area contributed by atoms with Crippen LogP contribution in [0, 0.1) is 11.8 Å². The van der Waals surface area contributed by atoms with Gasteiger partial charge in [0.2, 0.25) is 5.91 Å². The topological polar surface area (TPSA) is 32.3 Å². The van der Waals surface area contributed by atoms with E-state index in [0.29, 0.717) is 30.2 Å². The van der Waals surface area contributed by atoms with Crippen LogP contribution < -0.4 is 5.32 Å². The molecule has 1 N–H and O–H groups in total. The molecule has 1 heterocycles. The van der Waals surface area contributed by atoms with E-state index in [1.807, 2.05) is 4.90 Å². The summed E-state index contributed by atoms with van der Waals surface area (Å²) in [6.45, 7) is 11.4. The van der Waals surface area contributed by atoms with Gasteiger partial charge in [-0.25, -0.2) is 0 Å². The van der Waals surface area contributed by atoms with Crippen molar-refractivity contribution >= 4 is 18.3 Å². The van der Waals surface area contributed by atoms with Crippen molar-refractivity contribution in [2.45, 2.75) is 40.2 Å². The molecule has 0 aromatic carbocycles. The Labute approximate surface area is 105 Å². The van der Waals surface area contributed by atoms with E-state index >= 15 is 0 Å². The maximum atomic E-state index is 12.0. The largest absolute Gasteiger partial charge is 0.337 e. The van der Waals surface area contributed by atoms with Crippen molar-refractivity contribution in [2.24, 2.45) is 11.8 Å². The van der Waals surface area contributed by atoms with Crippen LogP contribution in [0.3, 0.4) is 0 Å². The molecule has 0 aromatic heterocycles. The zero-order valence-corrected chi connectivity index (χ0v) is 11.6. The molecule has 1 saturated heterocycles. The first-order valence-electron chi connectivity index (χ1n) is 6.02. The van der Waals surface area contributed by atoms with Crippen LogP contribution in [0.2, 0.25) is 0 Å². The highest BCUT2D eigenvalue weighted by Gasteiger charge is 2.24. The summed E-state index contributed by atoms with van der Waals surface area (Å²) in [7, 11) is 0. The first-order valence-corrected chi connectivity index (χ1v) is 6.02. The summed E-state index contributed by atoms with van der Waals surface area (Å²) in [5, 5.41) is 3.30. The van der Waals surface area contributed by atoms with Gasteiger partial charge in [0.05, 0.1) is 0 Å². The number of hydrogen-bond donors (Lipinski definition) is 1. The third kappa shape index (κ3) is 4.30. The summed E-state index contributed by atoms with van der Waals surface area (Å²) in [4.78, 5) is 14.0. The number of hydrogen-bond acceptors (Lipinski definition) is 2. The molecule has 4 heteroatoms. The Balaban J connectivity index is 0.00000225. The van der Waals surface area contributed by atoms with Crippen LogP contribution in [0.4, 0.5) is 0 Å². The Bertz CT molecular complexity index is 221. The highest BCUT2D eigenvalue weighted by molar-refractivity contribution is 5.85. The van der Waals surface area contributed by atoms with Gasteiger partial charge in [-0.05, 0) is 18.8 Å². The van der Waals surface area contributed by atoms with Crippen molar-refractivity contribution in [1.29, 1.82) is 0 Å². The number of amides is 1. The van der Waals surface area contributed by atoms with Crippen LogP contribution >= 0.6 is 12.4 Å². The fourth-order valence-corrected chi connectivity index (χ4v) is 1.84. The molecule has 1 aliphatic heterocycles. The summed E-state index contributed by atoms with van der Waals surface area (Å²) >= 11 is 0. The van der Waals surface area contributed by atoms with Crippen LogP contribution in [-0.2, 0) is 4.79 Å². The van der Waals surface area contributed by atoms with Crippen LogP contribution in [0.15, 0.2) is 0 Å². The SMILES string of the molecule is CC(C)C(C)CC(=O)N1CCNCC1C.Cl. The molecule has 0 aromatic rings. The second-order valence-corrected chi connectivity index (χ2v) is 5.07. The standard InChI is InChI=1S/C12H24N2O.ClH/c1-9(2)10(3)7-12(15)14-6-5-13-8-11(14)4;/h9-11,13H,5-8H2,1-4H3;1H. The summed E-state index contributed by atoms with van der Waals surface area (Å²) in [6.07, 6.45) is 0.696. The molecule has 1 amide bonds. The van der Waals surface area contributed by atoms with Gasteiger partial charge in [0, 0.05) is 32.1 Å². The zero-order valence-electron chi connectivity index (χ0n) is 10.8. The van der Waals surface area contributed by atoms with E-state index in [1.165, 1.54) is 0 Å². The molecule has 3 nitrogen and oxygen atoms in total. The maximum Gasteiger partial charge on any atom is 0.223 e. The molecule has 1 aliphatic rings. The normalized spacial score (nSPS) is 22.8. The van der Waals surface area contributed by atoms with E-state index in [-0.39, 0.29) is 12.4 Å². The molecular weight excluding hydrogens is 224 g/mol. The molecular formula is C12H25ClN2O. The molecule has 1 fully saturated rings. The Morgan fingerprint density at radius 1 is 1.44 bits per heavy atom. The fraction of sp³-hybridized carbons (Fsp3) is 0.917. The van der Waals surface area contributed by atoms with Crippen molar-refractivity contribution in [3.8, 4) is 0 Å². The smallest absolute Gasteiger partial charge is 0.223 e. The molecule has 96 valence electrons. The van der Waals surface area contributed by atoms with Gasteiger partial charge in [0.25, 0.3) is 0 Å². The third-order valence-electron chi connectivity index (χ3n) is 3.46. The highest BCUT2D eigenvalue weighted by Crippen LogP contribution is 2.16. The van der Waals surface area contributed by atoms with Crippen LogP contribution in [0.25, 0.3) is 0 Å². The van der Waals surface area contributed by atoms with Crippen LogP contribution in [0.1, 0.15) is 34.1 Å². The van der Waals surface area contributed by atoms with Gasteiger partial charge in [-0.2, -0.15) is 0 Å². The maximum absolute atomic E-state index is 12.0. The Kier molecular flexibility index (Phi) is 7.00. The minimum absolute atomic E-state index is 0. The first-order chi connectivity index (χ1) is 7.02. The summed E-state index contributed by atoms with van der Waals surface area (Å²) < 4.78 is 0. The molecule has 0 spiro atoms. The van der Waals surface area contributed by atoms with Gasteiger partial charge in [-0.15, -0.1) is 12.4 Å². The average molecular weight is 249 g/mol. The van der Waals surface area contributed by atoms with Crippen molar-refractivity contribution in [3.05, 3.63) is 0 Å². The van der Waals surface area contributed by atoms with E-state index in [0.717, 1.165) is 19.6 Å². The summed E-state index contributed by atoms with van der Waals surface area (Å²) in [6, 6.07) is 0.352. The Morgan fingerprint density at radius 3 is 2.56 bits per heavy atom. The molecule has 16 heavy (non-hydrogen) atoms. The van der Waals surface area contributed by atoms with Crippen molar-refractivity contribution < 1.29 is 4.79 Å². The fourth-order valence-electron chi connectivity index (χ4n) is 1.84. The van der Waals surface area contributed by atoms with E-state index in [1.54, 1.807) is 0 Å². The lowest BCUT2D eigenvalue weighted by Crippen LogP contribution is -2.52. The van der Waals surface area contributed by atoms with E-state index < -0.39 is 0 Å². The number of carbonyl (C=O) groups is 1. The van der Waals surface area contributed by atoms with E-state index in [4.69, 9.17) is 0 Å². The molecule has 0 bridgehead atoms. The molecule has 0 aliphatic carbocycles. The van der Waals surface area contributed by atoms with Crippen LogP contribution in [0.5, 0.6) is 0 Å². The zero-order chi connectivity index (χ0) is 11.4. The molecule has 1 rings (SSSR count). The van der Waals surface area contributed by atoms with Gasteiger partial charge in [-0.3, -0.25) is 4.79 Å². The number of piperazine rings is 1. The average Bonchev–Trinajstić information content (AvgIpc) is 2.18. The van der Waals surface area contributed by atoms with Gasteiger partial charge in [-0.1, -0.05) is 20.8 Å². The minimum Gasteiger partial charge on any atom is -0.337 e. The predicted octanol–water partition coefficient (Wildman–Crippen LogP) is 1.91. The monoisotopic (exact) mass is 248 g/mol. The highest BCUT2D eigenvalue weighted by atomic mass is 35.5. The predicted molar refractivity (Wildman–Crippen MR) is 69.9 cm³/mol. The first kappa shape index (κ1) is 15.7. The second-order valence-electron chi connectivity index (χ2n) is 5.07. The molecule has 2 atom stereocenters.